The number of nitro groups is 1. The summed E-state index contributed by atoms with van der Waals surface area (Å²) in [4.78, 5) is 14.8. The highest BCUT2D eigenvalue weighted by molar-refractivity contribution is 5.76. The second kappa shape index (κ2) is 8.89. The number of aryl methyl sites for hydroxylation is 2. The molecule has 35 heavy (non-hydrogen) atoms. The number of rotatable bonds is 8. The first-order valence-electron chi connectivity index (χ1n) is 10.2. The topological polar surface area (TPSA) is 139 Å². The first-order valence-corrected chi connectivity index (χ1v) is 10.2. The van der Waals surface area contributed by atoms with Crippen LogP contribution in [0.2, 0.25) is 0 Å². The molecule has 12 nitrogen and oxygen atoms in total. The summed E-state index contributed by atoms with van der Waals surface area (Å²) in [5.41, 5.74) is 0.702. The van der Waals surface area contributed by atoms with E-state index in [1.807, 2.05) is 0 Å². The molecule has 0 atom stereocenters. The number of ether oxygens (including phenoxy) is 1. The molecule has 0 aliphatic carbocycles. The highest BCUT2D eigenvalue weighted by Gasteiger charge is 2.23. The van der Waals surface area contributed by atoms with Gasteiger partial charge in [0.1, 0.15) is 29.4 Å². The van der Waals surface area contributed by atoms with Crippen LogP contribution in [-0.4, -0.2) is 46.6 Å². The van der Waals surface area contributed by atoms with E-state index in [9.17, 15) is 18.9 Å². The maximum atomic E-state index is 13.9. The zero-order chi connectivity index (χ0) is 24.5. The summed E-state index contributed by atoms with van der Waals surface area (Å²) in [5, 5.41) is 26.7. The predicted octanol–water partition coefficient (Wildman–Crippen LogP) is 3.74. The van der Waals surface area contributed by atoms with Crippen molar-refractivity contribution in [3.63, 3.8) is 0 Å². The van der Waals surface area contributed by atoms with Gasteiger partial charge in [0.25, 0.3) is 12.3 Å². The van der Waals surface area contributed by atoms with Crippen LogP contribution in [0.4, 0.5) is 14.5 Å². The Labute approximate surface area is 194 Å². The van der Waals surface area contributed by atoms with Gasteiger partial charge in [-0.3, -0.25) is 14.8 Å². The summed E-state index contributed by atoms with van der Waals surface area (Å²) >= 11 is 0. The molecular formula is C21H16F2N8O4. The Morgan fingerprint density at radius 1 is 1.17 bits per heavy atom. The van der Waals surface area contributed by atoms with Crippen LogP contribution in [0.1, 0.15) is 18.0 Å². The van der Waals surface area contributed by atoms with Crippen LogP contribution in [-0.2, 0) is 13.0 Å². The number of para-hydroxylation sites is 1. The molecule has 0 aliphatic rings. The number of alkyl halides is 2. The predicted molar refractivity (Wildman–Crippen MR) is 116 cm³/mol. The van der Waals surface area contributed by atoms with Gasteiger partial charge >= 0.3 is 5.69 Å². The minimum absolute atomic E-state index is 0.0475. The third kappa shape index (κ3) is 4.16. The summed E-state index contributed by atoms with van der Waals surface area (Å²) in [7, 11) is 1.48. The second-order valence-corrected chi connectivity index (χ2v) is 7.33. The SMILES string of the molecule is COc1ccccc1-c1cc(C(F)F)n2ncc(-c3nnc(CCn4cc([N+](=O)[O-])cn4)o3)c2n1. The average molecular weight is 482 g/mol. The largest absolute Gasteiger partial charge is 0.496 e. The molecule has 0 fully saturated rings. The minimum Gasteiger partial charge on any atom is -0.496 e. The lowest BCUT2D eigenvalue weighted by molar-refractivity contribution is -0.385. The van der Waals surface area contributed by atoms with Crippen molar-refractivity contribution in [2.45, 2.75) is 19.4 Å². The van der Waals surface area contributed by atoms with Crippen LogP contribution in [0.15, 0.2) is 53.3 Å². The van der Waals surface area contributed by atoms with E-state index in [1.54, 1.807) is 24.3 Å². The first kappa shape index (κ1) is 22.1. The first-order chi connectivity index (χ1) is 16.9. The number of benzene rings is 1. The number of hydrogen-bond acceptors (Lipinski definition) is 9. The number of fused-ring (bicyclic) bond motifs is 1. The molecular weight excluding hydrogens is 466 g/mol. The van der Waals surface area contributed by atoms with E-state index < -0.39 is 11.3 Å². The summed E-state index contributed by atoms with van der Waals surface area (Å²) in [6.07, 6.45) is 1.18. The summed E-state index contributed by atoms with van der Waals surface area (Å²) in [5.74, 6) is 0.753. The highest BCUT2D eigenvalue weighted by Crippen LogP contribution is 2.33. The lowest BCUT2D eigenvalue weighted by Gasteiger charge is -2.11. The summed E-state index contributed by atoms with van der Waals surface area (Å²) in [6.45, 7) is 0.260. The quantitative estimate of drug-likeness (QED) is 0.239. The van der Waals surface area contributed by atoms with Crippen molar-refractivity contribution in [1.82, 2.24) is 34.6 Å². The van der Waals surface area contributed by atoms with Gasteiger partial charge in [0.05, 0.1) is 23.9 Å². The molecule has 14 heteroatoms. The van der Waals surface area contributed by atoms with Crippen molar-refractivity contribution < 1.29 is 22.9 Å². The Morgan fingerprint density at radius 3 is 2.74 bits per heavy atom. The number of nitrogens with zero attached hydrogens (tertiary/aromatic N) is 8. The van der Waals surface area contributed by atoms with Crippen LogP contribution < -0.4 is 4.74 Å². The molecule has 5 rings (SSSR count). The van der Waals surface area contributed by atoms with E-state index in [0.717, 1.165) is 10.7 Å². The van der Waals surface area contributed by atoms with Gasteiger partial charge < -0.3 is 9.15 Å². The summed E-state index contributed by atoms with van der Waals surface area (Å²) in [6, 6.07) is 8.20. The Morgan fingerprint density at radius 2 is 2.00 bits per heavy atom. The van der Waals surface area contributed by atoms with Crippen LogP contribution in [0.25, 0.3) is 28.4 Å². The Balaban J connectivity index is 1.49. The molecule has 0 N–H and O–H groups in total. The maximum absolute atomic E-state index is 13.9. The van der Waals surface area contributed by atoms with Crippen LogP contribution in [0.3, 0.4) is 0 Å². The van der Waals surface area contributed by atoms with Gasteiger partial charge in [-0.05, 0) is 18.2 Å². The zero-order valence-electron chi connectivity index (χ0n) is 18.1. The Hall–Kier alpha value is -4.75. The molecule has 0 saturated heterocycles. The van der Waals surface area contributed by atoms with Crippen molar-refractivity contribution in [3.05, 3.63) is 70.6 Å². The van der Waals surface area contributed by atoms with Gasteiger partial charge in [0.2, 0.25) is 5.89 Å². The van der Waals surface area contributed by atoms with Crippen molar-refractivity contribution >= 4 is 11.3 Å². The van der Waals surface area contributed by atoms with E-state index in [1.165, 1.54) is 30.3 Å². The molecule has 0 unspecified atom stereocenters. The maximum Gasteiger partial charge on any atom is 0.306 e. The molecule has 0 aliphatic heterocycles. The van der Waals surface area contributed by atoms with Crippen LogP contribution in [0.5, 0.6) is 5.75 Å². The van der Waals surface area contributed by atoms with Crippen molar-refractivity contribution in [2.24, 2.45) is 0 Å². The van der Waals surface area contributed by atoms with Crippen LogP contribution in [0, 0.1) is 10.1 Å². The van der Waals surface area contributed by atoms with Gasteiger partial charge in [-0.1, -0.05) is 12.1 Å². The fourth-order valence-electron chi connectivity index (χ4n) is 3.53. The van der Waals surface area contributed by atoms with Crippen LogP contribution >= 0.6 is 0 Å². The molecule has 0 radical (unpaired) electrons. The van der Waals surface area contributed by atoms with Crippen molar-refractivity contribution in [2.75, 3.05) is 7.11 Å². The number of halogens is 2. The molecule has 4 heterocycles. The van der Waals surface area contributed by atoms with Gasteiger partial charge in [0, 0.05) is 18.5 Å². The Bertz CT molecular complexity index is 1530. The zero-order valence-corrected chi connectivity index (χ0v) is 18.1. The standard InChI is InChI=1S/C21H16F2N8O4/c1-34-17-5-3-2-4-13(17)15-8-16(19(22)23)30-20(26-15)14(10-25-30)21-28-27-18(35-21)6-7-29-11-12(9-24-29)31(32)33/h2-5,8-11,19H,6-7H2,1H3. The van der Waals surface area contributed by atoms with Gasteiger partial charge in [-0.25, -0.2) is 18.3 Å². The molecule has 0 amide bonds. The monoisotopic (exact) mass is 482 g/mol. The molecule has 178 valence electrons. The summed E-state index contributed by atoms with van der Waals surface area (Å²) < 4.78 is 41.2. The van der Waals surface area contributed by atoms with E-state index >= 15 is 0 Å². The van der Waals surface area contributed by atoms with Gasteiger partial charge in [-0.2, -0.15) is 10.2 Å². The number of methoxy groups -OCH3 is 1. The third-order valence-electron chi connectivity index (χ3n) is 5.19. The molecule has 5 aromatic rings. The fourth-order valence-corrected chi connectivity index (χ4v) is 3.53. The Kier molecular flexibility index (Phi) is 5.60. The molecule has 4 aromatic heterocycles. The van der Waals surface area contributed by atoms with Gasteiger partial charge in [-0.15, -0.1) is 10.2 Å². The number of hydrogen-bond donors (Lipinski definition) is 0. The minimum atomic E-state index is -2.82. The van der Waals surface area contributed by atoms with Crippen molar-refractivity contribution in [3.8, 4) is 28.5 Å². The van der Waals surface area contributed by atoms with E-state index in [0.29, 0.717) is 11.3 Å². The van der Waals surface area contributed by atoms with Gasteiger partial charge in [0.15, 0.2) is 5.65 Å². The van der Waals surface area contributed by atoms with E-state index in [4.69, 9.17) is 9.15 Å². The molecule has 0 spiro atoms. The fraction of sp³-hybridized carbons (Fsp3) is 0.190. The molecule has 0 saturated carbocycles. The lowest BCUT2D eigenvalue weighted by Crippen LogP contribution is -2.03. The normalized spacial score (nSPS) is 11.4. The number of aromatic nitrogens is 7. The smallest absolute Gasteiger partial charge is 0.306 e. The van der Waals surface area contributed by atoms with E-state index in [2.05, 4.69) is 25.4 Å². The second-order valence-electron chi connectivity index (χ2n) is 7.33. The van der Waals surface area contributed by atoms with E-state index in [-0.39, 0.29) is 53.0 Å². The highest BCUT2D eigenvalue weighted by atomic mass is 19.3. The molecule has 0 bridgehead atoms. The average Bonchev–Trinajstić information content (AvgIpc) is 3.61. The molecule has 1 aromatic carbocycles. The van der Waals surface area contributed by atoms with Crippen molar-refractivity contribution in [1.29, 1.82) is 0 Å². The lowest BCUT2D eigenvalue weighted by atomic mass is 10.1. The third-order valence-corrected chi connectivity index (χ3v) is 5.19.